The molecule has 1 aromatic heterocycles. The van der Waals surface area contributed by atoms with Crippen LogP contribution in [0.5, 0.6) is 0 Å². The lowest BCUT2D eigenvalue weighted by molar-refractivity contribution is 0.519. The van der Waals surface area contributed by atoms with Crippen molar-refractivity contribution in [2.75, 3.05) is 4.90 Å². The number of allylic oxidation sites excluding steroid dienone is 1. The number of benzene rings is 8. The van der Waals surface area contributed by atoms with Gasteiger partial charge in [0.1, 0.15) is 11.3 Å². The van der Waals surface area contributed by atoms with E-state index in [1.54, 1.807) is 0 Å². The molecule has 246 valence electrons. The van der Waals surface area contributed by atoms with Crippen LogP contribution in [0.2, 0.25) is 0 Å². The summed E-state index contributed by atoms with van der Waals surface area (Å²) < 4.78 is 6.81. The van der Waals surface area contributed by atoms with E-state index in [2.05, 4.69) is 199 Å². The van der Waals surface area contributed by atoms with Crippen LogP contribution >= 0.6 is 0 Å². The molecule has 52 heavy (non-hydrogen) atoms. The highest BCUT2D eigenvalue weighted by Crippen LogP contribution is 2.45. The van der Waals surface area contributed by atoms with Crippen LogP contribution in [0, 0.1) is 0 Å². The van der Waals surface area contributed by atoms with Crippen molar-refractivity contribution in [3.8, 4) is 22.3 Å². The van der Waals surface area contributed by atoms with Crippen molar-refractivity contribution in [1.29, 1.82) is 0 Å². The highest BCUT2D eigenvalue weighted by Gasteiger charge is 2.27. The molecule has 2 heteroatoms. The lowest BCUT2D eigenvalue weighted by Crippen LogP contribution is -2.09. The molecule has 0 saturated heterocycles. The van der Waals surface area contributed by atoms with E-state index in [0.717, 1.165) is 40.2 Å². The molecule has 1 unspecified atom stereocenters. The Kier molecular flexibility index (Phi) is 7.32. The van der Waals surface area contributed by atoms with E-state index in [1.165, 1.54) is 54.9 Å². The number of hydrogen-bond donors (Lipinski definition) is 0. The molecule has 1 heterocycles. The van der Waals surface area contributed by atoms with Gasteiger partial charge in [0, 0.05) is 39.3 Å². The van der Waals surface area contributed by atoms with Gasteiger partial charge in [-0.25, -0.2) is 0 Å². The fraction of sp³-hybridized carbons (Fsp3) is 0.0400. The second-order valence-electron chi connectivity index (χ2n) is 13.6. The molecule has 8 aromatic carbocycles. The third kappa shape index (κ3) is 5.11. The highest BCUT2D eigenvalue weighted by atomic mass is 16.3. The fourth-order valence-electron chi connectivity index (χ4n) is 8.11. The van der Waals surface area contributed by atoms with Gasteiger partial charge in [-0.05, 0) is 92.9 Å². The summed E-state index contributed by atoms with van der Waals surface area (Å²) >= 11 is 0. The van der Waals surface area contributed by atoms with E-state index >= 15 is 0 Å². The van der Waals surface area contributed by atoms with Crippen molar-refractivity contribution < 1.29 is 4.42 Å². The second kappa shape index (κ2) is 12.6. The van der Waals surface area contributed by atoms with Gasteiger partial charge in [0.2, 0.25) is 0 Å². The molecule has 1 atom stereocenters. The molecular formula is C50H35NO. The van der Waals surface area contributed by atoms with E-state index in [0.29, 0.717) is 0 Å². The Morgan fingerprint density at radius 1 is 0.462 bits per heavy atom. The summed E-state index contributed by atoms with van der Waals surface area (Å²) in [6.45, 7) is 0. The van der Waals surface area contributed by atoms with Crippen molar-refractivity contribution >= 4 is 55.7 Å². The molecule has 1 aliphatic rings. The van der Waals surface area contributed by atoms with E-state index < -0.39 is 0 Å². The van der Waals surface area contributed by atoms with Crippen molar-refractivity contribution in [3.63, 3.8) is 0 Å². The highest BCUT2D eigenvalue weighted by molar-refractivity contribution is 6.14. The predicted octanol–water partition coefficient (Wildman–Crippen LogP) is 14.1. The molecule has 0 radical (unpaired) electrons. The summed E-state index contributed by atoms with van der Waals surface area (Å²) in [6.07, 6.45) is 5.49. The number of para-hydroxylation sites is 1. The Hall–Kier alpha value is -6.64. The largest absolute Gasteiger partial charge is 0.459 e. The van der Waals surface area contributed by atoms with Crippen molar-refractivity contribution in [3.05, 3.63) is 205 Å². The summed E-state index contributed by atoms with van der Waals surface area (Å²) in [7, 11) is 0. The molecule has 1 aliphatic carbocycles. The summed E-state index contributed by atoms with van der Waals surface area (Å²) in [4.78, 5) is 2.33. The number of anilines is 3. The monoisotopic (exact) mass is 665 g/mol. The number of nitrogens with zero attached hydrogens (tertiary/aromatic N) is 1. The molecule has 0 N–H and O–H groups in total. The van der Waals surface area contributed by atoms with Gasteiger partial charge in [-0.2, -0.15) is 0 Å². The minimum atomic E-state index is 0.208. The standard InChI is InChI=1S/C50H35NO/c1-3-13-35(14-4-1)43-23-12-24-46-48-33-47(44-20-9-10-21-45(44)50(48)52-49(43)46)37-27-31-40(32-28-37)51(38-17-5-2-6-18-38)39-29-25-36(26-30-39)42-22-11-16-34-15-7-8-19-41(34)42/h1-22,24-33,43H,23H2. The van der Waals surface area contributed by atoms with Crippen LogP contribution < -0.4 is 4.90 Å². The number of furan rings is 1. The Morgan fingerprint density at radius 2 is 1.04 bits per heavy atom. The zero-order chi connectivity index (χ0) is 34.4. The topological polar surface area (TPSA) is 16.4 Å². The van der Waals surface area contributed by atoms with Crippen LogP contribution in [0.15, 0.2) is 192 Å². The minimum absolute atomic E-state index is 0.208. The van der Waals surface area contributed by atoms with Gasteiger partial charge >= 0.3 is 0 Å². The maximum absolute atomic E-state index is 6.81. The maximum atomic E-state index is 6.81. The number of rotatable bonds is 6. The van der Waals surface area contributed by atoms with Gasteiger partial charge in [0.15, 0.2) is 0 Å². The lowest BCUT2D eigenvalue weighted by Gasteiger charge is -2.26. The maximum Gasteiger partial charge on any atom is 0.142 e. The van der Waals surface area contributed by atoms with E-state index in [9.17, 15) is 0 Å². The summed E-state index contributed by atoms with van der Waals surface area (Å²) in [5.41, 5.74) is 11.6. The summed E-state index contributed by atoms with van der Waals surface area (Å²) in [5, 5.41) is 6.02. The molecule has 9 aromatic rings. The van der Waals surface area contributed by atoms with E-state index in [4.69, 9.17) is 4.42 Å². The number of hydrogen-bond acceptors (Lipinski definition) is 2. The average molecular weight is 666 g/mol. The second-order valence-corrected chi connectivity index (χ2v) is 13.6. The van der Waals surface area contributed by atoms with E-state index in [-0.39, 0.29) is 5.92 Å². The average Bonchev–Trinajstić information content (AvgIpc) is 3.61. The Morgan fingerprint density at radius 3 is 1.77 bits per heavy atom. The first-order valence-corrected chi connectivity index (χ1v) is 18.0. The molecule has 0 amide bonds. The third-order valence-corrected chi connectivity index (χ3v) is 10.6. The summed E-state index contributed by atoms with van der Waals surface area (Å²) in [5.74, 6) is 1.27. The fourth-order valence-corrected chi connectivity index (χ4v) is 8.11. The molecule has 0 fully saturated rings. The SMILES string of the molecule is C1=Cc2c(oc3c2cc(-c2ccc(N(c4ccccc4)c4ccc(-c5cccc6ccccc56)cc4)cc2)c2ccccc23)C(c2ccccc2)C1. The molecule has 0 spiro atoms. The molecule has 0 saturated carbocycles. The first-order valence-electron chi connectivity index (χ1n) is 18.0. The van der Waals surface area contributed by atoms with Gasteiger partial charge in [-0.1, -0.05) is 152 Å². The van der Waals surface area contributed by atoms with Crippen LogP contribution in [0.25, 0.3) is 60.8 Å². The van der Waals surface area contributed by atoms with Crippen molar-refractivity contribution in [2.24, 2.45) is 0 Å². The van der Waals surface area contributed by atoms with Crippen LogP contribution in [-0.4, -0.2) is 0 Å². The zero-order valence-corrected chi connectivity index (χ0v) is 28.6. The minimum Gasteiger partial charge on any atom is -0.459 e. The van der Waals surface area contributed by atoms with Crippen LogP contribution in [-0.2, 0) is 0 Å². The summed E-state index contributed by atoms with van der Waals surface area (Å²) in [6, 6.07) is 65.5. The Balaban J connectivity index is 1.06. The van der Waals surface area contributed by atoms with Gasteiger partial charge in [0.25, 0.3) is 0 Å². The Bertz CT molecular complexity index is 2740. The first kappa shape index (κ1) is 30.2. The zero-order valence-electron chi connectivity index (χ0n) is 28.6. The normalized spacial score (nSPS) is 13.8. The molecule has 10 rings (SSSR count). The Labute approximate surface area is 303 Å². The molecule has 0 aliphatic heterocycles. The van der Waals surface area contributed by atoms with Crippen molar-refractivity contribution in [2.45, 2.75) is 12.3 Å². The molecular weight excluding hydrogens is 631 g/mol. The van der Waals surface area contributed by atoms with Gasteiger partial charge < -0.3 is 9.32 Å². The van der Waals surface area contributed by atoms with E-state index in [1.807, 2.05) is 0 Å². The quantitative estimate of drug-likeness (QED) is 0.176. The van der Waals surface area contributed by atoms with Crippen molar-refractivity contribution in [1.82, 2.24) is 0 Å². The predicted molar refractivity (Wildman–Crippen MR) is 219 cm³/mol. The molecule has 0 bridgehead atoms. The van der Waals surface area contributed by atoms with Gasteiger partial charge in [0.05, 0.1) is 0 Å². The van der Waals surface area contributed by atoms with Crippen LogP contribution in [0.3, 0.4) is 0 Å². The van der Waals surface area contributed by atoms with Gasteiger partial charge in [-0.15, -0.1) is 0 Å². The first-order chi connectivity index (χ1) is 25.8. The number of fused-ring (bicyclic) bond motifs is 6. The lowest BCUT2D eigenvalue weighted by atomic mass is 9.86. The smallest absolute Gasteiger partial charge is 0.142 e. The molecule has 2 nitrogen and oxygen atoms in total. The third-order valence-electron chi connectivity index (χ3n) is 10.6. The van der Waals surface area contributed by atoms with Crippen LogP contribution in [0.1, 0.15) is 29.2 Å². The van der Waals surface area contributed by atoms with Gasteiger partial charge in [-0.3, -0.25) is 0 Å². The van der Waals surface area contributed by atoms with Crippen LogP contribution in [0.4, 0.5) is 17.1 Å².